The van der Waals surface area contributed by atoms with Crippen molar-refractivity contribution in [1.29, 1.82) is 0 Å². The van der Waals surface area contributed by atoms with Crippen LogP contribution in [0.4, 0.5) is 4.79 Å². The van der Waals surface area contributed by atoms with Gasteiger partial charge in [-0.1, -0.05) is 20.8 Å². The van der Waals surface area contributed by atoms with Gasteiger partial charge in [0.2, 0.25) is 0 Å². The molecule has 1 N–H and O–H groups in total. The first-order valence-corrected chi connectivity index (χ1v) is 13.2. The predicted molar refractivity (Wildman–Crippen MR) is 133 cm³/mol. The number of ether oxygens (including phenoxy) is 5. The summed E-state index contributed by atoms with van der Waals surface area (Å²) in [6.07, 6.45) is 5.10. The number of amides is 1. The zero-order valence-electron chi connectivity index (χ0n) is 21.9. The molecule has 0 bridgehead atoms. The van der Waals surface area contributed by atoms with Gasteiger partial charge in [-0.05, 0) is 37.0 Å². The third-order valence-electron chi connectivity index (χ3n) is 6.99. The molecular formula is C27H45NO7. The van der Waals surface area contributed by atoms with E-state index >= 15 is 0 Å². The highest BCUT2D eigenvalue weighted by Crippen LogP contribution is 2.52. The summed E-state index contributed by atoms with van der Waals surface area (Å²) in [5.74, 6) is 8.49. The average molecular weight is 496 g/mol. The summed E-state index contributed by atoms with van der Waals surface area (Å²) in [6, 6.07) is 0. The first-order valence-electron chi connectivity index (χ1n) is 13.2. The molecule has 2 aliphatic rings. The van der Waals surface area contributed by atoms with E-state index in [0.717, 1.165) is 32.1 Å². The predicted octanol–water partition coefficient (Wildman–Crippen LogP) is 3.61. The molecule has 0 aliphatic heterocycles. The van der Waals surface area contributed by atoms with Crippen LogP contribution in [0.15, 0.2) is 0 Å². The van der Waals surface area contributed by atoms with Gasteiger partial charge in [-0.25, -0.2) is 4.79 Å². The lowest BCUT2D eigenvalue weighted by atomic mass is 9.84. The highest BCUT2D eigenvalue weighted by Gasteiger charge is 2.49. The van der Waals surface area contributed by atoms with Crippen LogP contribution in [-0.2, 0) is 28.5 Å². The Kier molecular flexibility index (Phi) is 14.3. The quantitative estimate of drug-likeness (QED) is 0.216. The van der Waals surface area contributed by atoms with Crippen molar-refractivity contribution in [2.24, 2.45) is 23.2 Å². The number of hydrogen-bond donors (Lipinski definition) is 1. The molecule has 0 spiro atoms. The summed E-state index contributed by atoms with van der Waals surface area (Å²) < 4.78 is 27.2. The van der Waals surface area contributed by atoms with Crippen molar-refractivity contribution < 1.29 is 33.3 Å². The Morgan fingerprint density at radius 1 is 0.829 bits per heavy atom. The molecule has 0 saturated heterocycles. The summed E-state index contributed by atoms with van der Waals surface area (Å²) in [7, 11) is 0. The lowest BCUT2D eigenvalue weighted by Crippen LogP contribution is -2.29. The van der Waals surface area contributed by atoms with Crippen LogP contribution in [0.1, 0.15) is 59.3 Å². The minimum atomic E-state index is -0.377. The van der Waals surface area contributed by atoms with Gasteiger partial charge < -0.3 is 29.0 Å². The van der Waals surface area contributed by atoms with Gasteiger partial charge in [0.1, 0.15) is 5.78 Å². The largest absolute Gasteiger partial charge is 0.449 e. The lowest BCUT2D eigenvalue weighted by molar-refractivity contribution is -0.128. The van der Waals surface area contributed by atoms with Crippen LogP contribution in [0.2, 0.25) is 0 Å². The molecule has 2 unspecified atom stereocenters. The molecule has 8 nitrogen and oxygen atoms in total. The van der Waals surface area contributed by atoms with Gasteiger partial charge in [-0.2, -0.15) is 0 Å². The molecule has 0 aromatic heterocycles. The Bertz CT molecular complexity index is 667. The average Bonchev–Trinajstić information content (AvgIpc) is 3.48. The molecule has 1 saturated carbocycles. The smallest absolute Gasteiger partial charge is 0.407 e. The molecule has 0 aromatic carbocycles. The molecular weight excluding hydrogens is 450 g/mol. The van der Waals surface area contributed by atoms with Gasteiger partial charge in [0, 0.05) is 31.2 Å². The Hall–Kier alpha value is -1.66. The number of nitrogens with one attached hydrogen (secondary N) is 1. The molecule has 0 radical (unpaired) electrons. The minimum absolute atomic E-state index is 0.236. The van der Waals surface area contributed by atoms with E-state index in [4.69, 9.17) is 23.7 Å². The number of carbonyl (C=O) groups is 2. The van der Waals surface area contributed by atoms with Gasteiger partial charge in [0.15, 0.2) is 0 Å². The molecule has 200 valence electrons. The molecule has 0 heterocycles. The van der Waals surface area contributed by atoms with E-state index in [2.05, 4.69) is 17.2 Å². The SMILES string of the molecule is CCC(C)(C)C(=O)CCOCCOCCOCCOCCNC(=O)OCC1C2CCC#CCCC21. The van der Waals surface area contributed by atoms with E-state index < -0.39 is 0 Å². The lowest BCUT2D eigenvalue weighted by Gasteiger charge is -2.20. The van der Waals surface area contributed by atoms with Gasteiger partial charge in [0.05, 0.1) is 59.5 Å². The monoisotopic (exact) mass is 495 g/mol. The number of ketones is 1. The van der Waals surface area contributed by atoms with Crippen LogP contribution in [-0.4, -0.2) is 77.9 Å². The van der Waals surface area contributed by atoms with Crippen molar-refractivity contribution >= 4 is 11.9 Å². The molecule has 2 rings (SSSR count). The number of Topliss-reactive ketones (excluding diaryl/α,β-unsaturated/α-hetero) is 1. The van der Waals surface area contributed by atoms with E-state index in [1.54, 1.807) is 0 Å². The van der Waals surface area contributed by atoms with E-state index in [1.807, 2.05) is 20.8 Å². The second-order valence-electron chi connectivity index (χ2n) is 9.81. The Morgan fingerprint density at radius 2 is 1.34 bits per heavy atom. The molecule has 1 amide bonds. The fraction of sp³-hybridized carbons (Fsp3) is 0.852. The van der Waals surface area contributed by atoms with Gasteiger partial charge in [-0.15, -0.1) is 11.8 Å². The maximum absolute atomic E-state index is 12.0. The third-order valence-corrected chi connectivity index (χ3v) is 6.99. The molecule has 2 aliphatic carbocycles. The fourth-order valence-corrected chi connectivity index (χ4v) is 4.19. The van der Waals surface area contributed by atoms with E-state index in [0.29, 0.717) is 90.2 Å². The molecule has 35 heavy (non-hydrogen) atoms. The van der Waals surface area contributed by atoms with Gasteiger partial charge >= 0.3 is 6.09 Å². The Morgan fingerprint density at radius 3 is 1.89 bits per heavy atom. The Labute approximate surface area is 211 Å². The zero-order valence-corrected chi connectivity index (χ0v) is 21.9. The number of alkyl carbamates (subject to hydrolysis) is 1. The molecule has 8 heteroatoms. The van der Waals surface area contributed by atoms with E-state index in [-0.39, 0.29) is 17.3 Å². The van der Waals surface area contributed by atoms with Crippen LogP contribution < -0.4 is 5.32 Å². The molecule has 2 atom stereocenters. The number of fused-ring (bicyclic) bond motifs is 1. The van der Waals surface area contributed by atoms with Crippen molar-refractivity contribution in [1.82, 2.24) is 5.32 Å². The number of rotatable bonds is 19. The normalized spacial score (nSPS) is 21.2. The third kappa shape index (κ3) is 12.2. The highest BCUT2D eigenvalue weighted by atomic mass is 16.6. The zero-order chi connectivity index (χ0) is 25.4. The standard InChI is InChI=1S/C27H45NO7/c1-4-27(2,3)25(29)11-13-31-15-17-33-19-20-34-18-16-32-14-12-28-26(30)35-21-24-22-9-7-5-6-8-10-23(22)24/h22-24H,4,7-21H2,1-3H3,(H,28,30). The number of hydrogen-bond acceptors (Lipinski definition) is 7. The summed E-state index contributed by atoms with van der Waals surface area (Å²) in [5.41, 5.74) is -0.270. The highest BCUT2D eigenvalue weighted by molar-refractivity contribution is 5.84. The Balaban J connectivity index is 1.29. The maximum Gasteiger partial charge on any atom is 0.407 e. The van der Waals surface area contributed by atoms with Crippen molar-refractivity contribution in [3.05, 3.63) is 0 Å². The first-order chi connectivity index (χ1) is 17.0. The summed E-state index contributed by atoms with van der Waals surface area (Å²) in [6.45, 7) is 10.5. The fourth-order valence-electron chi connectivity index (χ4n) is 4.19. The first kappa shape index (κ1) is 29.6. The van der Waals surface area contributed by atoms with Crippen molar-refractivity contribution in [3.63, 3.8) is 0 Å². The molecule has 0 aromatic rings. The number of carbonyl (C=O) groups excluding carboxylic acids is 2. The molecule has 1 fully saturated rings. The van der Waals surface area contributed by atoms with Crippen LogP contribution in [0, 0.1) is 35.0 Å². The van der Waals surface area contributed by atoms with Crippen LogP contribution in [0.5, 0.6) is 0 Å². The van der Waals surface area contributed by atoms with E-state index in [9.17, 15) is 9.59 Å². The summed E-state index contributed by atoms with van der Waals surface area (Å²) in [5, 5.41) is 2.73. The van der Waals surface area contributed by atoms with Crippen LogP contribution in [0.25, 0.3) is 0 Å². The second-order valence-corrected chi connectivity index (χ2v) is 9.81. The van der Waals surface area contributed by atoms with E-state index in [1.165, 1.54) is 0 Å². The van der Waals surface area contributed by atoms with Crippen LogP contribution >= 0.6 is 0 Å². The summed E-state index contributed by atoms with van der Waals surface area (Å²) in [4.78, 5) is 23.8. The van der Waals surface area contributed by atoms with Gasteiger partial charge in [0.25, 0.3) is 0 Å². The van der Waals surface area contributed by atoms with Crippen molar-refractivity contribution in [2.75, 3.05) is 66.0 Å². The topological polar surface area (TPSA) is 92.3 Å². The minimum Gasteiger partial charge on any atom is -0.449 e. The van der Waals surface area contributed by atoms with Crippen LogP contribution in [0.3, 0.4) is 0 Å². The maximum atomic E-state index is 12.0. The van der Waals surface area contributed by atoms with Crippen molar-refractivity contribution in [2.45, 2.75) is 59.3 Å². The second kappa shape index (κ2) is 16.9. The van der Waals surface area contributed by atoms with Gasteiger partial charge in [-0.3, -0.25) is 4.79 Å². The van der Waals surface area contributed by atoms with Crippen molar-refractivity contribution in [3.8, 4) is 11.8 Å². The summed E-state index contributed by atoms with van der Waals surface area (Å²) >= 11 is 0.